The van der Waals surface area contributed by atoms with Gasteiger partial charge in [0.2, 0.25) is 0 Å². The lowest BCUT2D eigenvalue weighted by atomic mass is 10.0. The number of nitrogens with zero attached hydrogens (tertiary/aromatic N) is 4. The number of anilines is 1. The van der Waals surface area contributed by atoms with E-state index in [0.717, 1.165) is 10.5 Å². The number of nitrogens with one attached hydrogen (secondary N) is 1. The molecule has 0 atom stereocenters. The van der Waals surface area contributed by atoms with Gasteiger partial charge in [0, 0.05) is 30.2 Å². The van der Waals surface area contributed by atoms with Gasteiger partial charge in [0.25, 0.3) is 11.8 Å². The van der Waals surface area contributed by atoms with Crippen molar-refractivity contribution in [3.05, 3.63) is 60.0 Å². The predicted octanol–water partition coefficient (Wildman–Crippen LogP) is 2.84. The number of hydrogen-bond acceptors (Lipinski definition) is 7. The highest BCUT2D eigenvalue weighted by molar-refractivity contribution is 6.38. The van der Waals surface area contributed by atoms with E-state index < -0.39 is 11.8 Å². The van der Waals surface area contributed by atoms with Gasteiger partial charge in [-0.05, 0) is 24.3 Å². The zero-order valence-electron chi connectivity index (χ0n) is 16.0. The van der Waals surface area contributed by atoms with Gasteiger partial charge in [0.15, 0.2) is 5.65 Å². The highest BCUT2D eigenvalue weighted by atomic mass is 16.5. The highest BCUT2D eigenvalue weighted by Crippen LogP contribution is 2.40. The van der Waals surface area contributed by atoms with Crippen molar-refractivity contribution in [1.29, 1.82) is 0 Å². The summed E-state index contributed by atoms with van der Waals surface area (Å²) in [6, 6.07) is 8.53. The molecular formula is C21H15N5O4. The highest BCUT2D eigenvalue weighted by Gasteiger charge is 2.41. The predicted molar refractivity (Wildman–Crippen MR) is 108 cm³/mol. The van der Waals surface area contributed by atoms with Crippen molar-refractivity contribution in [3.8, 4) is 22.8 Å². The molecule has 0 radical (unpaired) electrons. The van der Waals surface area contributed by atoms with E-state index in [1.165, 1.54) is 20.4 Å². The topological polar surface area (TPSA) is 110 Å². The lowest BCUT2D eigenvalue weighted by molar-refractivity contribution is 0.0925. The van der Waals surface area contributed by atoms with E-state index in [9.17, 15) is 9.59 Å². The fourth-order valence-corrected chi connectivity index (χ4v) is 3.61. The Morgan fingerprint density at radius 3 is 2.63 bits per heavy atom. The number of H-pyrrole nitrogens is 1. The van der Waals surface area contributed by atoms with E-state index in [2.05, 4.69) is 20.2 Å². The number of methoxy groups -OCH3 is 2. The summed E-state index contributed by atoms with van der Waals surface area (Å²) in [7, 11) is 2.98. The van der Waals surface area contributed by atoms with Crippen molar-refractivity contribution in [2.24, 2.45) is 0 Å². The molecule has 4 heterocycles. The van der Waals surface area contributed by atoms with Crippen LogP contribution in [0.2, 0.25) is 0 Å². The number of rotatable bonds is 4. The van der Waals surface area contributed by atoms with Crippen LogP contribution < -0.4 is 14.4 Å². The molecule has 0 saturated carbocycles. The average molecular weight is 401 g/mol. The molecule has 0 fully saturated rings. The number of carbonyl (C=O) groups is 2. The standard InChI is InChI=1S/C21H15N5O4/c1-29-12-5-6-15(30-2)14(8-12)26-20(27)13-10-23-19-17(16(13)21(26)28)18(24-25-19)11-4-3-7-22-9-11/h3-10H,1-2H3,(H,23,24,25). The first-order valence-corrected chi connectivity index (χ1v) is 9.02. The Balaban J connectivity index is 1.73. The molecule has 1 aliphatic heterocycles. The van der Waals surface area contributed by atoms with E-state index in [1.54, 1.807) is 36.7 Å². The lowest BCUT2D eigenvalue weighted by Crippen LogP contribution is -2.29. The molecule has 0 aliphatic carbocycles. The Hall–Kier alpha value is -4.27. The number of imide groups is 1. The normalized spacial score (nSPS) is 13.1. The molecule has 0 bridgehead atoms. The summed E-state index contributed by atoms with van der Waals surface area (Å²) < 4.78 is 10.6. The fraction of sp³-hybridized carbons (Fsp3) is 0.0952. The Kier molecular flexibility index (Phi) is 3.95. The molecule has 5 rings (SSSR count). The van der Waals surface area contributed by atoms with Gasteiger partial charge in [-0.15, -0.1) is 0 Å². The van der Waals surface area contributed by atoms with Gasteiger partial charge in [-0.2, -0.15) is 5.10 Å². The van der Waals surface area contributed by atoms with Crippen molar-refractivity contribution in [2.45, 2.75) is 0 Å². The molecule has 2 amide bonds. The maximum Gasteiger partial charge on any atom is 0.267 e. The molecule has 0 saturated heterocycles. The Morgan fingerprint density at radius 2 is 1.90 bits per heavy atom. The quantitative estimate of drug-likeness (QED) is 0.524. The zero-order valence-corrected chi connectivity index (χ0v) is 16.0. The van der Waals surface area contributed by atoms with Crippen molar-refractivity contribution in [2.75, 3.05) is 19.1 Å². The lowest BCUT2D eigenvalue weighted by Gasteiger charge is -2.18. The summed E-state index contributed by atoms with van der Waals surface area (Å²) in [5, 5.41) is 7.59. The van der Waals surface area contributed by atoms with Crippen LogP contribution in [-0.4, -0.2) is 46.2 Å². The third-order valence-electron chi connectivity index (χ3n) is 5.01. The third kappa shape index (κ3) is 2.45. The minimum absolute atomic E-state index is 0.198. The molecule has 1 aromatic carbocycles. The summed E-state index contributed by atoms with van der Waals surface area (Å²) >= 11 is 0. The fourth-order valence-electron chi connectivity index (χ4n) is 3.61. The Morgan fingerprint density at radius 1 is 1.03 bits per heavy atom. The number of fused-ring (bicyclic) bond motifs is 3. The first-order chi connectivity index (χ1) is 14.6. The second-order valence-corrected chi connectivity index (χ2v) is 6.57. The van der Waals surface area contributed by atoms with Crippen molar-refractivity contribution in [3.63, 3.8) is 0 Å². The smallest absolute Gasteiger partial charge is 0.267 e. The van der Waals surface area contributed by atoms with Gasteiger partial charge in [0.05, 0.1) is 42.1 Å². The monoisotopic (exact) mass is 401 g/mol. The maximum absolute atomic E-state index is 13.5. The number of hydrogen-bond donors (Lipinski definition) is 1. The number of amides is 2. The van der Waals surface area contributed by atoms with Crippen LogP contribution in [0.25, 0.3) is 22.3 Å². The number of aromatic nitrogens is 4. The van der Waals surface area contributed by atoms with Crippen LogP contribution in [0.15, 0.2) is 48.9 Å². The summed E-state index contributed by atoms with van der Waals surface area (Å²) in [6.07, 6.45) is 4.67. The van der Waals surface area contributed by atoms with Crippen molar-refractivity contribution in [1.82, 2.24) is 20.2 Å². The van der Waals surface area contributed by atoms with Gasteiger partial charge in [-0.3, -0.25) is 19.7 Å². The average Bonchev–Trinajstić information content (AvgIpc) is 3.32. The first kappa shape index (κ1) is 17.8. The van der Waals surface area contributed by atoms with Crippen LogP contribution >= 0.6 is 0 Å². The largest absolute Gasteiger partial charge is 0.497 e. The van der Waals surface area contributed by atoms with Crippen molar-refractivity contribution >= 4 is 28.5 Å². The van der Waals surface area contributed by atoms with Crippen LogP contribution in [-0.2, 0) is 0 Å². The van der Waals surface area contributed by atoms with Gasteiger partial charge >= 0.3 is 0 Å². The first-order valence-electron chi connectivity index (χ1n) is 9.02. The van der Waals surface area contributed by atoms with Gasteiger partial charge < -0.3 is 9.47 Å². The minimum atomic E-state index is -0.491. The van der Waals surface area contributed by atoms with Crippen LogP contribution in [0.4, 0.5) is 5.69 Å². The third-order valence-corrected chi connectivity index (χ3v) is 5.01. The van der Waals surface area contributed by atoms with E-state index in [-0.39, 0.29) is 11.1 Å². The molecular weight excluding hydrogens is 386 g/mol. The minimum Gasteiger partial charge on any atom is -0.497 e. The molecule has 4 aromatic rings. The molecule has 9 heteroatoms. The number of pyridine rings is 2. The Labute approximate surface area is 170 Å². The molecule has 148 valence electrons. The van der Waals surface area contributed by atoms with E-state index >= 15 is 0 Å². The molecule has 9 nitrogen and oxygen atoms in total. The number of aromatic amines is 1. The molecule has 0 unspecified atom stereocenters. The second-order valence-electron chi connectivity index (χ2n) is 6.57. The van der Waals surface area contributed by atoms with Gasteiger partial charge in [-0.25, -0.2) is 9.88 Å². The van der Waals surface area contributed by atoms with Crippen LogP contribution in [0.3, 0.4) is 0 Å². The van der Waals surface area contributed by atoms with Crippen LogP contribution in [0.1, 0.15) is 20.7 Å². The zero-order chi connectivity index (χ0) is 20.8. The SMILES string of the molecule is COc1ccc(OC)c(N2C(=O)c3cnc4n[nH]c(-c5cccnc5)c4c3C2=O)c1. The molecule has 30 heavy (non-hydrogen) atoms. The molecule has 1 N–H and O–H groups in total. The van der Waals surface area contributed by atoms with E-state index in [1.807, 2.05) is 6.07 Å². The van der Waals surface area contributed by atoms with E-state index in [4.69, 9.17) is 9.47 Å². The number of benzene rings is 1. The van der Waals surface area contributed by atoms with Gasteiger partial charge in [-0.1, -0.05) is 0 Å². The summed E-state index contributed by atoms with van der Waals surface area (Å²) in [4.78, 5) is 36.2. The van der Waals surface area contributed by atoms with E-state index in [0.29, 0.717) is 33.9 Å². The number of ether oxygens (including phenoxy) is 2. The summed E-state index contributed by atoms with van der Waals surface area (Å²) in [5.74, 6) is -0.117. The van der Waals surface area contributed by atoms with Crippen LogP contribution in [0, 0.1) is 0 Å². The second kappa shape index (κ2) is 6.66. The molecule has 1 aliphatic rings. The summed E-state index contributed by atoms with van der Waals surface area (Å²) in [6.45, 7) is 0. The van der Waals surface area contributed by atoms with Gasteiger partial charge in [0.1, 0.15) is 11.5 Å². The van der Waals surface area contributed by atoms with Crippen molar-refractivity contribution < 1.29 is 19.1 Å². The summed E-state index contributed by atoms with van der Waals surface area (Å²) in [5.41, 5.74) is 2.37. The molecule has 0 spiro atoms. The Bertz CT molecular complexity index is 1320. The number of carbonyl (C=O) groups excluding carboxylic acids is 2. The van der Waals surface area contributed by atoms with Crippen LogP contribution in [0.5, 0.6) is 11.5 Å². The maximum atomic E-state index is 13.5. The molecule has 3 aromatic heterocycles.